The van der Waals surface area contributed by atoms with Crippen molar-refractivity contribution in [2.45, 2.75) is 32.5 Å². The monoisotopic (exact) mass is 298 g/mol. The number of halogens is 2. The van der Waals surface area contributed by atoms with Gasteiger partial charge < -0.3 is 9.80 Å². The van der Waals surface area contributed by atoms with Crippen molar-refractivity contribution in [2.24, 2.45) is 0 Å². The predicted octanol–water partition coefficient (Wildman–Crippen LogP) is 2.06. The third-order valence-corrected chi connectivity index (χ3v) is 4.02. The minimum Gasteiger partial charge on any atom is -0.332 e. The number of benzene rings is 1. The highest BCUT2D eigenvalue weighted by atomic mass is 35.5. The molecule has 108 valence electrons. The van der Waals surface area contributed by atoms with Gasteiger partial charge in [0.25, 0.3) is 0 Å². The van der Waals surface area contributed by atoms with E-state index in [2.05, 4.69) is 0 Å². The van der Waals surface area contributed by atoms with E-state index in [4.69, 9.17) is 11.6 Å². The Hall–Kier alpha value is -1.62. The molecule has 6 heteroatoms. The minimum atomic E-state index is -0.535. The number of amides is 2. The van der Waals surface area contributed by atoms with Crippen LogP contribution in [0.25, 0.3) is 0 Å². The molecule has 0 N–H and O–H groups in total. The first-order valence-corrected chi connectivity index (χ1v) is 6.71. The topological polar surface area (TPSA) is 40.6 Å². The Labute approximate surface area is 122 Å². The van der Waals surface area contributed by atoms with E-state index in [9.17, 15) is 14.0 Å². The molecular weight excluding hydrogens is 283 g/mol. The second-order valence-corrected chi connectivity index (χ2v) is 5.42. The van der Waals surface area contributed by atoms with Crippen LogP contribution in [0.2, 0.25) is 5.02 Å². The summed E-state index contributed by atoms with van der Waals surface area (Å²) in [5.41, 5.74) is 0.696. The molecule has 1 aliphatic heterocycles. The first-order chi connectivity index (χ1) is 9.32. The third-order valence-electron chi connectivity index (χ3n) is 3.73. The summed E-state index contributed by atoms with van der Waals surface area (Å²) in [4.78, 5) is 27.3. The van der Waals surface area contributed by atoms with Crippen molar-refractivity contribution < 1.29 is 14.0 Å². The zero-order valence-corrected chi connectivity index (χ0v) is 12.3. The lowest BCUT2D eigenvalue weighted by molar-refractivity contribution is -0.159. The summed E-state index contributed by atoms with van der Waals surface area (Å²) in [5.74, 6) is -0.733. The van der Waals surface area contributed by atoms with E-state index in [-0.39, 0.29) is 23.4 Å². The Bertz CT molecular complexity index is 564. The molecule has 0 bridgehead atoms. The normalized spacial score (nSPS) is 23.4. The van der Waals surface area contributed by atoms with Crippen LogP contribution >= 0.6 is 11.6 Å². The molecule has 20 heavy (non-hydrogen) atoms. The van der Waals surface area contributed by atoms with Gasteiger partial charge in [-0.1, -0.05) is 17.7 Å². The van der Waals surface area contributed by atoms with Crippen molar-refractivity contribution in [3.05, 3.63) is 34.6 Å². The van der Waals surface area contributed by atoms with Gasteiger partial charge in [0.15, 0.2) is 0 Å². The lowest BCUT2D eigenvalue weighted by Gasteiger charge is -2.41. The van der Waals surface area contributed by atoms with E-state index < -0.39 is 17.9 Å². The van der Waals surface area contributed by atoms with Gasteiger partial charge in [-0.2, -0.15) is 0 Å². The first-order valence-electron chi connectivity index (χ1n) is 6.34. The summed E-state index contributed by atoms with van der Waals surface area (Å²) in [7, 11) is 1.62. The van der Waals surface area contributed by atoms with E-state index in [0.717, 1.165) is 0 Å². The maximum Gasteiger partial charge on any atom is 0.246 e. The largest absolute Gasteiger partial charge is 0.332 e. The molecular formula is C14H16ClFN2O2. The van der Waals surface area contributed by atoms with Gasteiger partial charge in [-0.05, 0) is 31.5 Å². The average molecular weight is 299 g/mol. The van der Waals surface area contributed by atoms with Crippen molar-refractivity contribution in [1.82, 2.24) is 9.80 Å². The summed E-state index contributed by atoms with van der Waals surface area (Å²) in [5, 5.41) is 0.0103. The van der Waals surface area contributed by atoms with Crippen LogP contribution in [0.5, 0.6) is 0 Å². The highest BCUT2D eigenvalue weighted by molar-refractivity contribution is 6.30. The Morgan fingerprint density at radius 2 is 1.85 bits per heavy atom. The SMILES string of the molecule is C[C@H]1C(=O)N(Cc2ccc(F)c(Cl)c2)[C@@H](C)C(=O)N1C. The van der Waals surface area contributed by atoms with E-state index in [1.807, 2.05) is 0 Å². The van der Waals surface area contributed by atoms with Crippen molar-refractivity contribution in [3.8, 4) is 0 Å². The van der Waals surface area contributed by atoms with Gasteiger partial charge in [0.2, 0.25) is 11.8 Å². The number of likely N-dealkylation sites (N-methyl/N-ethyl adjacent to an activating group) is 1. The standard InChI is InChI=1S/C14H16ClFN2O2/c1-8-14(20)18(9(2)13(19)17(8)3)7-10-4-5-12(16)11(15)6-10/h4-6,8-9H,7H2,1-3H3/t8-,9-/m0/s1. The molecule has 0 spiro atoms. The highest BCUT2D eigenvalue weighted by Gasteiger charge is 2.39. The Kier molecular flexibility index (Phi) is 3.99. The zero-order chi connectivity index (χ0) is 15.0. The first kappa shape index (κ1) is 14.8. The van der Waals surface area contributed by atoms with E-state index >= 15 is 0 Å². The Balaban J connectivity index is 2.25. The molecule has 2 atom stereocenters. The van der Waals surface area contributed by atoms with Crippen LogP contribution in [-0.4, -0.2) is 40.7 Å². The predicted molar refractivity (Wildman–Crippen MR) is 73.7 cm³/mol. The van der Waals surface area contributed by atoms with Crippen molar-refractivity contribution in [3.63, 3.8) is 0 Å². The van der Waals surface area contributed by atoms with Gasteiger partial charge in [-0.25, -0.2) is 4.39 Å². The zero-order valence-electron chi connectivity index (χ0n) is 11.6. The molecule has 1 heterocycles. The summed E-state index contributed by atoms with van der Waals surface area (Å²) < 4.78 is 13.1. The molecule has 2 rings (SSSR count). The van der Waals surface area contributed by atoms with Gasteiger partial charge in [-0.15, -0.1) is 0 Å². The molecule has 1 fully saturated rings. The van der Waals surface area contributed by atoms with E-state index in [1.165, 1.54) is 21.9 Å². The number of nitrogens with zero attached hydrogens (tertiary/aromatic N) is 2. The molecule has 1 aromatic rings. The fraction of sp³-hybridized carbons (Fsp3) is 0.429. The third kappa shape index (κ3) is 2.50. The average Bonchev–Trinajstić information content (AvgIpc) is 2.43. The number of piperazine rings is 1. The van der Waals surface area contributed by atoms with Crippen LogP contribution in [0.1, 0.15) is 19.4 Å². The summed E-state index contributed by atoms with van der Waals surface area (Å²) >= 11 is 5.73. The number of carbonyl (C=O) groups is 2. The number of hydrogen-bond donors (Lipinski definition) is 0. The smallest absolute Gasteiger partial charge is 0.246 e. The van der Waals surface area contributed by atoms with Crippen molar-refractivity contribution in [1.29, 1.82) is 0 Å². The van der Waals surface area contributed by atoms with Gasteiger partial charge in [0.05, 0.1) is 5.02 Å². The minimum absolute atomic E-state index is 0.0103. The second kappa shape index (κ2) is 5.40. The fourth-order valence-corrected chi connectivity index (χ4v) is 2.47. The fourth-order valence-electron chi connectivity index (χ4n) is 2.26. The summed E-state index contributed by atoms with van der Waals surface area (Å²) in [6, 6.07) is 3.27. The lowest BCUT2D eigenvalue weighted by Crippen LogP contribution is -2.61. The van der Waals surface area contributed by atoms with Gasteiger partial charge in [0.1, 0.15) is 17.9 Å². The molecule has 0 saturated carbocycles. The number of rotatable bonds is 2. The quantitative estimate of drug-likeness (QED) is 0.838. The van der Waals surface area contributed by atoms with Crippen LogP contribution in [0.15, 0.2) is 18.2 Å². The molecule has 4 nitrogen and oxygen atoms in total. The lowest BCUT2D eigenvalue weighted by atomic mass is 10.1. The van der Waals surface area contributed by atoms with Crippen LogP contribution in [-0.2, 0) is 16.1 Å². The van der Waals surface area contributed by atoms with E-state index in [1.54, 1.807) is 27.0 Å². The molecule has 0 unspecified atom stereocenters. The number of hydrogen-bond acceptors (Lipinski definition) is 2. The summed E-state index contributed by atoms with van der Waals surface area (Å²) in [6.07, 6.45) is 0. The Morgan fingerprint density at radius 3 is 2.45 bits per heavy atom. The molecule has 0 aliphatic carbocycles. The van der Waals surface area contributed by atoms with Gasteiger partial charge in [0, 0.05) is 13.6 Å². The molecule has 0 radical (unpaired) electrons. The maximum atomic E-state index is 13.1. The van der Waals surface area contributed by atoms with Crippen molar-refractivity contribution in [2.75, 3.05) is 7.05 Å². The van der Waals surface area contributed by atoms with Crippen LogP contribution in [0.3, 0.4) is 0 Å². The maximum absolute atomic E-state index is 13.1. The Morgan fingerprint density at radius 1 is 1.20 bits per heavy atom. The molecule has 0 aromatic heterocycles. The molecule has 1 aromatic carbocycles. The van der Waals surface area contributed by atoms with Crippen molar-refractivity contribution >= 4 is 23.4 Å². The van der Waals surface area contributed by atoms with Gasteiger partial charge >= 0.3 is 0 Å². The summed E-state index contributed by atoms with van der Waals surface area (Å²) in [6.45, 7) is 3.62. The molecule has 2 amide bonds. The van der Waals surface area contributed by atoms with Crippen LogP contribution < -0.4 is 0 Å². The van der Waals surface area contributed by atoms with Crippen LogP contribution in [0.4, 0.5) is 4.39 Å². The number of carbonyl (C=O) groups excluding carboxylic acids is 2. The van der Waals surface area contributed by atoms with E-state index in [0.29, 0.717) is 5.56 Å². The van der Waals surface area contributed by atoms with Gasteiger partial charge in [-0.3, -0.25) is 9.59 Å². The highest BCUT2D eigenvalue weighted by Crippen LogP contribution is 2.22. The second-order valence-electron chi connectivity index (χ2n) is 5.02. The van der Waals surface area contributed by atoms with Crippen LogP contribution in [0, 0.1) is 5.82 Å². The molecule has 1 saturated heterocycles. The molecule has 1 aliphatic rings.